The molecule has 0 amide bonds. The Labute approximate surface area is 164 Å². The van der Waals surface area contributed by atoms with Crippen LogP contribution in [0.15, 0.2) is 36.4 Å². The SMILES string of the molecule is CC1CCCCN1c1ccc2nnnc(Nc3cccc(OC(F)(F)F)c3)c2n1. The molecule has 4 rings (SSSR count). The molecule has 0 spiro atoms. The van der Waals surface area contributed by atoms with Gasteiger partial charge in [-0.1, -0.05) is 6.07 Å². The number of pyridine rings is 1. The van der Waals surface area contributed by atoms with E-state index < -0.39 is 6.36 Å². The van der Waals surface area contributed by atoms with Gasteiger partial charge < -0.3 is 15.0 Å². The summed E-state index contributed by atoms with van der Waals surface area (Å²) in [5.41, 5.74) is 1.41. The van der Waals surface area contributed by atoms with Crippen LogP contribution in [-0.2, 0) is 0 Å². The van der Waals surface area contributed by atoms with Gasteiger partial charge >= 0.3 is 6.36 Å². The van der Waals surface area contributed by atoms with E-state index in [2.05, 4.69) is 37.3 Å². The van der Waals surface area contributed by atoms with Gasteiger partial charge in [0.15, 0.2) is 5.82 Å². The molecular weight excluding hydrogens is 385 g/mol. The summed E-state index contributed by atoms with van der Waals surface area (Å²) in [5, 5.41) is 14.7. The van der Waals surface area contributed by atoms with Gasteiger partial charge in [0.1, 0.15) is 22.6 Å². The second-order valence-corrected chi connectivity index (χ2v) is 6.91. The topological polar surface area (TPSA) is 76.1 Å². The number of hydrogen-bond donors (Lipinski definition) is 1. The van der Waals surface area contributed by atoms with Gasteiger partial charge in [-0.2, -0.15) is 0 Å². The summed E-state index contributed by atoms with van der Waals surface area (Å²) < 4.78 is 41.4. The van der Waals surface area contributed by atoms with Gasteiger partial charge in [-0.15, -0.1) is 23.4 Å². The first-order valence-corrected chi connectivity index (χ1v) is 9.29. The molecule has 3 heterocycles. The summed E-state index contributed by atoms with van der Waals surface area (Å²) in [6, 6.07) is 9.62. The number of aromatic nitrogens is 4. The summed E-state index contributed by atoms with van der Waals surface area (Å²) in [7, 11) is 0. The zero-order chi connectivity index (χ0) is 20.4. The van der Waals surface area contributed by atoms with Crippen LogP contribution in [0.2, 0.25) is 0 Å². The van der Waals surface area contributed by atoms with Crippen LogP contribution < -0.4 is 15.0 Å². The van der Waals surface area contributed by atoms with E-state index in [0.717, 1.165) is 25.2 Å². The number of rotatable bonds is 4. The molecule has 1 N–H and O–H groups in total. The van der Waals surface area contributed by atoms with Crippen molar-refractivity contribution in [1.82, 2.24) is 20.4 Å². The third kappa shape index (κ3) is 4.47. The number of hydrogen-bond acceptors (Lipinski definition) is 7. The first kappa shape index (κ1) is 19.2. The third-order valence-electron chi connectivity index (χ3n) is 4.81. The Morgan fingerprint density at radius 3 is 2.79 bits per heavy atom. The van der Waals surface area contributed by atoms with Crippen LogP contribution >= 0.6 is 0 Å². The fourth-order valence-corrected chi connectivity index (χ4v) is 3.45. The lowest BCUT2D eigenvalue weighted by Gasteiger charge is -2.34. The second kappa shape index (κ2) is 7.69. The average Bonchev–Trinajstić information content (AvgIpc) is 2.67. The molecule has 1 saturated heterocycles. The van der Waals surface area contributed by atoms with Crippen LogP contribution in [0.5, 0.6) is 5.75 Å². The fourth-order valence-electron chi connectivity index (χ4n) is 3.45. The number of halogens is 3. The minimum atomic E-state index is -4.76. The highest BCUT2D eigenvalue weighted by Crippen LogP contribution is 2.29. The highest BCUT2D eigenvalue weighted by atomic mass is 19.4. The van der Waals surface area contributed by atoms with Gasteiger partial charge in [0.25, 0.3) is 0 Å². The Kier molecular flexibility index (Phi) is 5.08. The molecule has 0 saturated carbocycles. The van der Waals surface area contributed by atoms with Crippen LogP contribution in [0.4, 0.5) is 30.5 Å². The molecule has 1 unspecified atom stereocenters. The molecule has 10 heteroatoms. The lowest BCUT2D eigenvalue weighted by molar-refractivity contribution is -0.274. The smallest absolute Gasteiger partial charge is 0.406 e. The summed E-state index contributed by atoms with van der Waals surface area (Å²) in [6.07, 6.45) is -1.36. The van der Waals surface area contributed by atoms with Crippen molar-refractivity contribution in [3.63, 3.8) is 0 Å². The molecule has 0 aliphatic carbocycles. The van der Waals surface area contributed by atoms with E-state index in [1.807, 2.05) is 12.1 Å². The number of nitrogens with one attached hydrogen (secondary N) is 1. The van der Waals surface area contributed by atoms with E-state index in [1.165, 1.54) is 24.6 Å². The quantitative estimate of drug-likeness (QED) is 0.689. The van der Waals surface area contributed by atoms with Gasteiger partial charge in [-0.3, -0.25) is 0 Å². The van der Waals surface area contributed by atoms with Crippen molar-refractivity contribution in [3.05, 3.63) is 36.4 Å². The van der Waals surface area contributed by atoms with Crippen LogP contribution in [0, 0.1) is 0 Å². The summed E-state index contributed by atoms with van der Waals surface area (Å²) >= 11 is 0. The number of nitrogens with zero attached hydrogens (tertiary/aromatic N) is 5. The third-order valence-corrected chi connectivity index (χ3v) is 4.81. The van der Waals surface area contributed by atoms with Crippen molar-refractivity contribution in [3.8, 4) is 5.75 Å². The molecular formula is C19H19F3N6O. The molecule has 2 aromatic heterocycles. The molecule has 0 radical (unpaired) electrons. The predicted molar refractivity (Wildman–Crippen MR) is 102 cm³/mol. The zero-order valence-corrected chi connectivity index (χ0v) is 15.6. The Morgan fingerprint density at radius 2 is 2.00 bits per heavy atom. The van der Waals surface area contributed by atoms with Gasteiger partial charge in [0.2, 0.25) is 0 Å². The maximum atomic E-state index is 12.5. The first-order valence-electron chi connectivity index (χ1n) is 9.29. The Balaban J connectivity index is 1.65. The zero-order valence-electron chi connectivity index (χ0n) is 15.6. The molecule has 1 aliphatic rings. The molecule has 29 heavy (non-hydrogen) atoms. The Hall–Kier alpha value is -3.17. The van der Waals surface area contributed by atoms with E-state index in [9.17, 15) is 13.2 Å². The number of anilines is 3. The van der Waals surface area contributed by atoms with Gasteiger partial charge in [-0.05, 0) is 55.7 Å². The fraction of sp³-hybridized carbons (Fsp3) is 0.368. The lowest BCUT2D eigenvalue weighted by Crippen LogP contribution is -2.37. The molecule has 0 bridgehead atoms. The van der Waals surface area contributed by atoms with Crippen LogP contribution in [-0.4, -0.2) is 39.3 Å². The van der Waals surface area contributed by atoms with Crippen molar-refractivity contribution >= 4 is 28.4 Å². The summed E-state index contributed by atoms with van der Waals surface area (Å²) in [4.78, 5) is 6.96. The monoisotopic (exact) mass is 404 g/mol. The van der Waals surface area contributed by atoms with Gasteiger partial charge in [0.05, 0.1) is 0 Å². The first-order chi connectivity index (χ1) is 13.9. The van der Waals surface area contributed by atoms with E-state index >= 15 is 0 Å². The minimum absolute atomic E-state index is 0.311. The molecule has 1 aliphatic heterocycles. The maximum absolute atomic E-state index is 12.5. The highest BCUT2D eigenvalue weighted by Gasteiger charge is 2.31. The average molecular weight is 404 g/mol. The van der Waals surface area contributed by atoms with Crippen molar-refractivity contribution in [1.29, 1.82) is 0 Å². The van der Waals surface area contributed by atoms with E-state index in [4.69, 9.17) is 4.98 Å². The number of ether oxygens (including phenoxy) is 1. The Bertz CT molecular complexity index is 1010. The van der Waals surface area contributed by atoms with E-state index in [1.54, 1.807) is 6.07 Å². The number of fused-ring (bicyclic) bond motifs is 1. The summed E-state index contributed by atoms with van der Waals surface area (Å²) in [5.74, 6) is 0.798. The number of piperidine rings is 1. The van der Waals surface area contributed by atoms with Crippen molar-refractivity contribution in [2.24, 2.45) is 0 Å². The molecule has 7 nitrogen and oxygen atoms in total. The molecule has 3 aromatic rings. The van der Waals surface area contributed by atoms with Crippen LogP contribution in [0.3, 0.4) is 0 Å². The van der Waals surface area contributed by atoms with E-state index in [-0.39, 0.29) is 5.75 Å². The highest BCUT2D eigenvalue weighted by molar-refractivity contribution is 5.87. The normalized spacial score (nSPS) is 17.4. The van der Waals surface area contributed by atoms with Crippen LogP contribution in [0.1, 0.15) is 26.2 Å². The maximum Gasteiger partial charge on any atom is 0.573 e. The molecule has 1 atom stereocenters. The molecule has 1 aromatic carbocycles. The number of benzene rings is 1. The molecule has 152 valence electrons. The lowest BCUT2D eigenvalue weighted by atomic mass is 10.0. The second-order valence-electron chi connectivity index (χ2n) is 6.91. The van der Waals surface area contributed by atoms with Crippen LogP contribution in [0.25, 0.3) is 11.0 Å². The van der Waals surface area contributed by atoms with Gasteiger partial charge in [-0.25, -0.2) is 4.98 Å². The number of alkyl halides is 3. The van der Waals surface area contributed by atoms with Crippen molar-refractivity contribution < 1.29 is 17.9 Å². The molecule has 1 fully saturated rings. The van der Waals surface area contributed by atoms with Gasteiger partial charge in [0, 0.05) is 24.3 Å². The van der Waals surface area contributed by atoms with Crippen molar-refractivity contribution in [2.75, 3.05) is 16.8 Å². The van der Waals surface area contributed by atoms with E-state index in [0.29, 0.717) is 28.6 Å². The minimum Gasteiger partial charge on any atom is -0.406 e. The largest absolute Gasteiger partial charge is 0.573 e. The standard InChI is InChI=1S/C19H19F3N6O/c1-12-5-2-3-10-28(12)16-9-8-15-17(24-16)18(26-27-25-15)23-13-6-4-7-14(11-13)29-19(20,21)22/h4,6-9,11-12H,2-3,5,10H2,1H3,(H,23,25,26). The predicted octanol–water partition coefficient (Wildman–Crippen LogP) is 4.44. The van der Waals surface area contributed by atoms with Crippen molar-refractivity contribution in [2.45, 2.75) is 38.6 Å². The Morgan fingerprint density at radius 1 is 1.14 bits per heavy atom. The summed E-state index contributed by atoms with van der Waals surface area (Å²) in [6.45, 7) is 3.09.